The van der Waals surface area contributed by atoms with Crippen LogP contribution in [0.5, 0.6) is 0 Å². The summed E-state index contributed by atoms with van der Waals surface area (Å²) in [6, 6.07) is 0.556. The highest BCUT2D eigenvalue weighted by atomic mass is 16.4. The number of carbonyl (C=O) groups excluding carboxylic acids is 1. The molecular formula is C16H23NO3. The maximum atomic E-state index is 13.0. The van der Waals surface area contributed by atoms with Gasteiger partial charge >= 0.3 is 5.97 Å². The number of aliphatic carboxylic acids is 1. The predicted octanol–water partition coefficient (Wildman–Crippen LogP) is 2.30. The third-order valence-electron chi connectivity index (χ3n) is 5.54. The van der Waals surface area contributed by atoms with Gasteiger partial charge < -0.3 is 10.0 Å². The number of hydrogen-bond acceptors (Lipinski definition) is 2. The van der Waals surface area contributed by atoms with E-state index in [-0.39, 0.29) is 29.7 Å². The van der Waals surface area contributed by atoms with Crippen molar-refractivity contribution in [2.75, 3.05) is 0 Å². The molecule has 1 N–H and O–H groups in total. The van der Waals surface area contributed by atoms with Crippen LogP contribution in [0.2, 0.25) is 0 Å². The largest absolute Gasteiger partial charge is 0.481 e. The van der Waals surface area contributed by atoms with Gasteiger partial charge in [0.1, 0.15) is 0 Å². The quantitative estimate of drug-likeness (QED) is 0.805. The summed E-state index contributed by atoms with van der Waals surface area (Å²) in [4.78, 5) is 26.5. The SMILES string of the molecule is CCC1CCC(C)N1C(=O)C1C2C=CC(C2)C1C(=O)O. The summed E-state index contributed by atoms with van der Waals surface area (Å²) < 4.78 is 0. The Labute approximate surface area is 119 Å². The lowest BCUT2D eigenvalue weighted by Crippen LogP contribution is -2.47. The van der Waals surface area contributed by atoms with E-state index in [2.05, 4.69) is 19.9 Å². The van der Waals surface area contributed by atoms with E-state index in [9.17, 15) is 14.7 Å². The van der Waals surface area contributed by atoms with Crippen molar-refractivity contribution in [2.24, 2.45) is 23.7 Å². The van der Waals surface area contributed by atoms with Crippen molar-refractivity contribution < 1.29 is 14.7 Å². The molecule has 3 aliphatic rings. The molecule has 20 heavy (non-hydrogen) atoms. The molecule has 4 nitrogen and oxygen atoms in total. The van der Waals surface area contributed by atoms with Crippen molar-refractivity contribution in [3.05, 3.63) is 12.2 Å². The lowest BCUT2D eigenvalue weighted by Gasteiger charge is -2.34. The zero-order valence-electron chi connectivity index (χ0n) is 12.2. The maximum absolute atomic E-state index is 13.0. The Morgan fingerprint density at radius 3 is 2.45 bits per heavy atom. The summed E-state index contributed by atoms with van der Waals surface area (Å²) in [6.45, 7) is 4.20. The van der Waals surface area contributed by atoms with E-state index in [0.29, 0.717) is 6.04 Å². The van der Waals surface area contributed by atoms with E-state index < -0.39 is 11.9 Å². The fourth-order valence-corrected chi connectivity index (χ4v) is 4.54. The van der Waals surface area contributed by atoms with Crippen molar-refractivity contribution >= 4 is 11.9 Å². The Bertz CT molecular complexity index is 459. The normalized spacial score (nSPS) is 42.4. The van der Waals surface area contributed by atoms with Crippen LogP contribution in [0.25, 0.3) is 0 Å². The third kappa shape index (κ3) is 1.88. The molecule has 0 aromatic carbocycles. The third-order valence-corrected chi connectivity index (χ3v) is 5.54. The molecule has 1 saturated heterocycles. The van der Waals surface area contributed by atoms with Crippen LogP contribution in [0.3, 0.4) is 0 Å². The van der Waals surface area contributed by atoms with E-state index in [1.807, 2.05) is 11.0 Å². The Morgan fingerprint density at radius 2 is 1.85 bits per heavy atom. The molecule has 110 valence electrons. The van der Waals surface area contributed by atoms with Gasteiger partial charge in [-0.15, -0.1) is 0 Å². The highest BCUT2D eigenvalue weighted by molar-refractivity contribution is 5.87. The standard InChI is InChI=1S/C16H23NO3/c1-3-12-7-4-9(2)17(12)15(18)13-10-5-6-11(8-10)14(13)16(19)20/h5-6,9-14H,3-4,7-8H2,1-2H3,(H,19,20). The van der Waals surface area contributed by atoms with E-state index >= 15 is 0 Å². The lowest BCUT2D eigenvalue weighted by molar-refractivity contribution is -0.152. The molecule has 1 saturated carbocycles. The summed E-state index contributed by atoms with van der Waals surface area (Å²) >= 11 is 0. The Kier molecular flexibility index (Phi) is 3.35. The number of rotatable bonds is 3. The number of likely N-dealkylation sites (tertiary alicyclic amines) is 1. The molecular weight excluding hydrogens is 254 g/mol. The molecule has 0 aromatic heterocycles. The molecule has 2 bridgehead atoms. The van der Waals surface area contributed by atoms with Crippen LogP contribution in [0.15, 0.2) is 12.2 Å². The van der Waals surface area contributed by atoms with Gasteiger partial charge in [-0.05, 0) is 44.4 Å². The monoisotopic (exact) mass is 277 g/mol. The second-order valence-corrected chi connectivity index (χ2v) is 6.57. The van der Waals surface area contributed by atoms with Gasteiger partial charge in [0.25, 0.3) is 0 Å². The van der Waals surface area contributed by atoms with Gasteiger partial charge in [-0.3, -0.25) is 9.59 Å². The summed E-state index contributed by atoms with van der Waals surface area (Å²) in [7, 11) is 0. The second kappa shape index (κ2) is 4.90. The van der Waals surface area contributed by atoms with Crippen LogP contribution >= 0.6 is 0 Å². The maximum Gasteiger partial charge on any atom is 0.307 e. The minimum Gasteiger partial charge on any atom is -0.481 e. The molecule has 0 spiro atoms. The van der Waals surface area contributed by atoms with Gasteiger partial charge in [0.15, 0.2) is 0 Å². The molecule has 6 unspecified atom stereocenters. The number of fused-ring (bicyclic) bond motifs is 2. The zero-order chi connectivity index (χ0) is 14.4. The molecule has 2 aliphatic carbocycles. The van der Waals surface area contributed by atoms with E-state index in [1.165, 1.54) is 0 Å². The van der Waals surface area contributed by atoms with Crippen LogP contribution in [-0.2, 0) is 9.59 Å². The van der Waals surface area contributed by atoms with E-state index in [0.717, 1.165) is 25.7 Å². The Morgan fingerprint density at radius 1 is 1.20 bits per heavy atom. The minimum absolute atomic E-state index is 0.0597. The van der Waals surface area contributed by atoms with Crippen LogP contribution in [0.1, 0.15) is 39.5 Å². The number of carboxylic acid groups (broad SMARTS) is 1. The number of carbonyl (C=O) groups is 2. The number of nitrogens with zero attached hydrogens (tertiary/aromatic N) is 1. The van der Waals surface area contributed by atoms with E-state index in [1.54, 1.807) is 0 Å². The van der Waals surface area contributed by atoms with Crippen LogP contribution in [0.4, 0.5) is 0 Å². The predicted molar refractivity (Wildman–Crippen MR) is 75.0 cm³/mol. The van der Waals surface area contributed by atoms with Gasteiger partial charge in [0.05, 0.1) is 11.8 Å². The van der Waals surface area contributed by atoms with Gasteiger partial charge in [0, 0.05) is 12.1 Å². The van der Waals surface area contributed by atoms with Crippen molar-refractivity contribution in [1.82, 2.24) is 4.90 Å². The second-order valence-electron chi connectivity index (χ2n) is 6.57. The first-order valence-electron chi connectivity index (χ1n) is 7.77. The van der Waals surface area contributed by atoms with Crippen LogP contribution in [0, 0.1) is 23.7 Å². The van der Waals surface area contributed by atoms with Crippen molar-refractivity contribution in [1.29, 1.82) is 0 Å². The smallest absolute Gasteiger partial charge is 0.307 e. The number of amides is 1. The molecule has 2 fully saturated rings. The van der Waals surface area contributed by atoms with Crippen LogP contribution < -0.4 is 0 Å². The summed E-state index contributed by atoms with van der Waals surface area (Å²) in [5.41, 5.74) is 0. The molecule has 4 heteroatoms. The summed E-state index contributed by atoms with van der Waals surface area (Å²) in [5.74, 6) is -1.37. The van der Waals surface area contributed by atoms with Crippen molar-refractivity contribution in [3.63, 3.8) is 0 Å². The number of hydrogen-bond donors (Lipinski definition) is 1. The highest BCUT2D eigenvalue weighted by Crippen LogP contribution is 2.49. The average molecular weight is 277 g/mol. The van der Waals surface area contributed by atoms with Gasteiger partial charge in [0.2, 0.25) is 5.91 Å². The number of carboxylic acids is 1. The fraction of sp³-hybridized carbons (Fsp3) is 0.750. The number of allylic oxidation sites excluding steroid dienone is 2. The average Bonchev–Trinajstić information content (AvgIpc) is 3.10. The molecule has 1 aliphatic heterocycles. The molecule has 6 atom stereocenters. The van der Waals surface area contributed by atoms with E-state index in [4.69, 9.17) is 0 Å². The first-order valence-corrected chi connectivity index (χ1v) is 7.77. The fourth-order valence-electron chi connectivity index (χ4n) is 4.54. The topological polar surface area (TPSA) is 57.6 Å². The molecule has 0 radical (unpaired) electrons. The first-order chi connectivity index (χ1) is 9.54. The zero-order valence-corrected chi connectivity index (χ0v) is 12.2. The lowest BCUT2D eigenvalue weighted by atomic mass is 9.81. The molecule has 1 heterocycles. The molecule has 0 aromatic rings. The molecule has 1 amide bonds. The van der Waals surface area contributed by atoms with Crippen molar-refractivity contribution in [2.45, 2.75) is 51.6 Å². The van der Waals surface area contributed by atoms with Gasteiger partial charge in [-0.2, -0.15) is 0 Å². The first kappa shape index (κ1) is 13.7. The van der Waals surface area contributed by atoms with Crippen molar-refractivity contribution in [3.8, 4) is 0 Å². The van der Waals surface area contributed by atoms with Gasteiger partial charge in [-0.25, -0.2) is 0 Å². The summed E-state index contributed by atoms with van der Waals surface area (Å²) in [6.07, 6.45) is 7.96. The van der Waals surface area contributed by atoms with Gasteiger partial charge in [-0.1, -0.05) is 19.1 Å². The molecule has 3 rings (SSSR count). The Balaban J connectivity index is 1.86. The highest BCUT2D eigenvalue weighted by Gasteiger charge is 2.54. The summed E-state index contributed by atoms with van der Waals surface area (Å²) in [5, 5.41) is 9.48. The van der Waals surface area contributed by atoms with Crippen LogP contribution in [-0.4, -0.2) is 34.0 Å². The Hall–Kier alpha value is -1.32. The minimum atomic E-state index is -0.805.